The number of benzene rings is 2. The van der Waals surface area contributed by atoms with Gasteiger partial charge in [0.05, 0.1) is 53.0 Å². The van der Waals surface area contributed by atoms with Crippen LogP contribution >= 0.6 is 0 Å². The minimum atomic E-state index is -0.463. The van der Waals surface area contributed by atoms with Gasteiger partial charge in [-0.3, -0.25) is 9.88 Å². The number of cyclic esters (lactones) is 1. The number of rotatable bonds is 5. The van der Waals surface area contributed by atoms with Crippen molar-refractivity contribution >= 4 is 11.8 Å². The number of hydrogen-bond acceptors (Lipinski definition) is 6. The predicted octanol–water partition coefficient (Wildman–Crippen LogP) is 4.37. The van der Waals surface area contributed by atoms with Gasteiger partial charge < -0.3 is 9.47 Å². The van der Waals surface area contributed by atoms with E-state index < -0.39 is 6.09 Å². The van der Waals surface area contributed by atoms with E-state index in [1.165, 1.54) is 4.90 Å². The molecule has 0 aliphatic carbocycles. The lowest BCUT2D eigenvalue weighted by Crippen LogP contribution is -2.35. The maximum Gasteiger partial charge on any atom is 0.414 e. The molecule has 4 rings (SSSR count). The summed E-state index contributed by atoms with van der Waals surface area (Å²) >= 11 is 0. The molecule has 0 bridgehead atoms. The molecule has 152 valence electrons. The highest BCUT2D eigenvalue weighted by molar-refractivity contribution is 5.90. The number of aryl methyl sites for hydroxylation is 1. The number of hydrogen-bond donors (Lipinski definition) is 0. The number of carbonyl (C=O) groups is 1. The normalized spacial score (nSPS) is 12.4. The second-order valence-corrected chi connectivity index (χ2v) is 7.09. The van der Waals surface area contributed by atoms with E-state index >= 15 is 0 Å². The average molecular weight is 410 g/mol. The van der Waals surface area contributed by atoms with Crippen molar-refractivity contribution in [3.8, 4) is 17.9 Å². The molecule has 2 heterocycles. The number of amides is 1. The fourth-order valence-electron chi connectivity index (χ4n) is 3.41. The SMILES string of the molecule is Cc1ncc2c(c1OCc1cccc(C#N)c1)COC(=O)N2Cc1ccc(C#N)cc1. The molecule has 1 aliphatic heterocycles. The predicted molar refractivity (Wildman–Crippen MR) is 112 cm³/mol. The van der Waals surface area contributed by atoms with E-state index in [1.807, 2.05) is 19.1 Å². The Bertz CT molecular complexity index is 1220. The number of anilines is 1. The lowest BCUT2D eigenvalue weighted by atomic mass is 10.1. The number of carbonyl (C=O) groups excluding carboxylic acids is 1. The number of fused-ring (bicyclic) bond motifs is 1. The van der Waals surface area contributed by atoms with Gasteiger partial charge in [-0.15, -0.1) is 0 Å². The van der Waals surface area contributed by atoms with Gasteiger partial charge in [-0.05, 0) is 42.3 Å². The molecule has 0 fully saturated rings. The van der Waals surface area contributed by atoms with Crippen molar-refractivity contribution in [2.75, 3.05) is 4.90 Å². The topological polar surface area (TPSA) is 99.2 Å². The minimum absolute atomic E-state index is 0.0922. The highest BCUT2D eigenvalue weighted by atomic mass is 16.6. The second kappa shape index (κ2) is 8.56. The zero-order valence-electron chi connectivity index (χ0n) is 16.8. The molecule has 0 spiro atoms. The highest BCUT2D eigenvalue weighted by Gasteiger charge is 2.30. The molecule has 31 heavy (non-hydrogen) atoms. The third kappa shape index (κ3) is 4.17. The van der Waals surface area contributed by atoms with Crippen molar-refractivity contribution < 1.29 is 14.3 Å². The third-order valence-corrected chi connectivity index (χ3v) is 5.01. The van der Waals surface area contributed by atoms with E-state index in [0.717, 1.165) is 16.7 Å². The monoisotopic (exact) mass is 410 g/mol. The number of nitrogens with zero attached hydrogens (tertiary/aromatic N) is 4. The van der Waals surface area contributed by atoms with Crippen LogP contribution in [-0.2, 0) is 24.5 Å². The van der Waals surface area contributed by atoms with Gasteiger partial charge in [-0.1, -0.05) is 24.3 Å². The van der Waals surface area contributed by atoms with E-state index in [1.54, 1.807) is 42.6 Å². The molecule has 0 saturated heterocycles. The summed E-state index contributed by atoms with van der Waals surface area (Å²) in [6.07, 6.45) is 1.19. The molecule has 1 aromatic heterocycles. The molecule has 0 unspecified atom stereocenters. The van der Waals surface area contributed by atoms with E-state index in [-0.39, 0.29) is 19.8 Å². The van der Waals surface area contributed by atoms with Crippen LogP contribution in [0.3, 0.4) is 0 Å². The van der Waals surface area contributed by atoms with Crippen molar-refractivity contribution in [1.82, 2.24) is 4.98 Å². The summed E-state index contributed by atoms with van der Waals surface area (Å²) in [4.78, 5) is 18.4. The first-order valence-corrected chi connectivity index (χ1v) is 9.62. The average Bonchev–Trinajstić information content (AvgIpc) is 2.80. The summed E-state index contributed by atoms with van der Waals surface area (Å²) in [6, 6.07) is 18.4. The van der Waals surface area contributed by atoms with Crippen molar-refractivity contribution in [3.05, 3.63) is 88.2 Å². The Morgan fingerprint density at radius 3 is 2.61 bits per heavy atom. The molecule has 7 heteroatoms. The van der Waals surface area contributed by atoms with Crippen LogP contribution in [0.2, 0.25) is 0 Å². The Morgan fingerprint density at radius 1 is 1.10 bits per heavy atom. The molecular formula is C24H18N4O3. The lowest BCUT2D eigenvalue weighted by Gasteiger charge is -2.30. The summed E-state index contributed by atoms with van der Waals surface area (Å²) in [5, 5.41) is 18.1. The minimum Gasteiger partial charge on any atom is -0.486 e. The van der Waals surface area contributed by atoms with Crippen LogP contribution in [0.15, 0.2) is 54.7 Å². The van der Waals surface area contributed by atoms with Gasteiger partial charge in [-0.25, -0.2) is 4.79 Å². The molecular weight excluding hydrogens is 392 g/mol. The second-order valence-electron chi connectivity index (χ2n) is 7.09. The van der Waals surface area contributed by atoms with Gasteiger partial charge in [0.2, 0.25) is 0 Å². The molecule has 0 N–H and O–H groups in total. The summed E-state index contributed by atoms with van der Waals surface area (Å²) in [6.45, 7) is 2.47. The van der Waals surface area contributed by atoms with E-state index in [0.29, 0.717) is 28.3 Å². The van der Waals surface area contributed by atoms with Crippen LogP contribution in [-0.4, -0.2) is 11.1 Å². The third-order valence-electron chi connectivity index (χ3n) is 5.01. The van der Waals surface area contributed by atoms with Gasteiger partial charge in [-0.2, -0.15) is 10.5 Å². The summed E-state index contributed by atoms with van der Waals surface area (Å²) < 4.78 is 11.5. The maximum absolute atomic E-state index is 12.5. The van der Waals surface area contributed by atoms with Crippen LogP contribution < -0.4 is 9.64 Å². The zero-order valence-corrected chi connectivity index (χ0v) is 16.8. The van der Waals surface area contributed by atoms with Gasteiger partial charge in [0.15, 0.2) is 0 Å². The van der Waals surface area contributed by atoms with Crippen molar-refractivity contribution in [2.45, 2.75) is 26.7 Å². The fraction of sp³-hybridized carbons (Fsp3) is 0.167. The van der Waals surface area contributed by atoms with Crippen molar-refractivity contribution in [1.29, 1.82) is 10.5 Å². The Hall–Kier alpha value is -4.36. The van der Waals surface area contributed by atoms with E-state index in [2.05, 4.69) is 17.1 Å². The number of aromatic nitrogens is 1. The molecule has 1 aliphatic rings. The van der Waals surface area contributed by atoms with Crippen LogP contribution in [0.1, 0.15) is 33.5 Å². The van der Waals surface area contributed by atoms with Gasteiger partial charge in [0.25, 0.3) is 0 Å². The standard InChI is InChI=1S/C24H18N4O3/c1-16-23(30-14-20-4-2-3-19(9-20)11-26)21-15-31-24(29)28(22(21)12-27-16)13-18-7-5-17(10-25)6-8-18/h2-9,12H,13-15H2,1H3. The Kier molecular flexibility index (Phi) is 5.51. The lowest BCUT2D eigenvalue weighted by molar-refractivity contribution is 0.139. The highest BCUT2D eigenvalue weighted by Crippen LogP contribution is 2.36. The maximum atomic E-state index is 12.5. The Balaban J connectivity index is 1.61. The number of ether oxygens (including phenoxy) is 2. The summed E-state index contributed by atoms with van der Waals surface area (Å²) in [7, 11) is 0. The molecule has 2 aromatic carbocycles. The van der Waals surface area contributed by atoms with Crippen LogP contribution in [0, 0.1) is 29.6 Å². The van der Waals surface area contributed by atoms with Crippen molar-refractivity contribution in [2.24, 2.45) is 0 Å². The smallest absolute Gasteiger partial charge is 0.414 e. The first-order valence-electron chi connectivity index (χ1n) is 9.62. The van der Waals surface area contributed by atoms with Gasteiger partial charge >= 0.3 is 6.09 Å². The summed E-state index contributed by atoms with van der Waals surface area (Å²) in [5.41, 5.74) is 4.90. The zero-order chi connectivity index (χ0) is 21.8. The number of pyridine rings is 1. The fourth-order valence-corrected chi connectivity index (χ4v) is 3.41. The Labute approximate surface area is 179 Å². The van der Waals surface area contributed by atoms with Gasteiger partial charge in [0.1, 0.15) is 19.0 Å². The molecule has 0 radical (unpaired) electrons. The van der Waals surface area contributed by atoms with E-state index in [4.69, 9.17) is 20.0 Å². The first-order chi connectivity index (χ1) is 15.1. The van der Waals surface area contributed by atoms with Crippen LogP contribution in [0.5, 0.6) is 5.75 Å². The first kappa shape index (κ1) is 19.9. The largest absolute Gasteiger partial charge is 0.486 e. The summed E-state index contributed by atoms with van der Waals surface area (Å²) in [5.74, 6) is 0.567. The molecule has 0 saturated carbocycles. The quantitative estimate of drug-likeness (QED) is 0.619. The van der Waals surface area contributed by atoms with Crippen LogP contribution in [0.4, 0.5) is 10.5 Å². The molecule has 7 nitrogen and oxygen atoms in total. The molecule has 1 amide bonds. The van der Waals surface area contributed by atoms with Crippen LogP contribution in [0.25, 0.3) is 0 Å². The van der Waals surface area contributed by atoms with Crippen molar-refractivity contribution in [3.63, 3.8) is 0 Å². The molecule has 0 atom stereocenters. The Morgan fingerprint density at radius 2 is 1.87 bits per heavy atom. The van der Waals surface area contributed by atoms with Gasteiger partial charge in [0, 0.05) is 0 Å². The number of nitriles is 2. The van der Waals surface area contributed by atoms with E-state index in [9.17, 15) is 4.79 Å². The molecule has 3 aromatic rings.